The third-order valence-corrected chi connectivity index (χ3v) is 7.85. The summed E-state index contributed by atoms with van der Waals surface area (Å²) >= 11 is 6.22. The van der Waals surface area contributed by atoms with Crippen LogP contribution in [-0.2, 0) is 16.6 Å². The predicted octanol–water partition coefficient (Wildman–Crippen LogP) is 3.27. The fourth-order valence-electron chi connectivity index (χ4n) is 3.74. The maximum absolute atomic E-state index is 13.1. The van der Waals surface area contributed by atoms with E-state index in [1.165, 1.54) is 28.8 Å². The van der Waals surface area contributed by atoms with Gasteiger partial charge in [0.1, 0.15) is 17.6 Å². The molecular weight excluding hydrogens is 450 g/mol. The first-order valence-corrected chi connectivity index (χ1v) is 12.2. The second-order valence-corrected chi connectivity index (χ2v) is 10.3. The van der Waals surface area contributed by atoms with Crippen LogP contribution in [0.3, 0.4) is 0 Å². The third-order valence-electron chi connectivity index (χ3n) is 5.50. The molecule has 1 unspecified atom stereocenters. The SMILES string of the molecule is CC1CCCN(S(=O)(=O)c2cc(C(=O)NCc3ccc(-n4cncn4)cc3)ccc2Cl)C1. The molecule has 0 aliphatic carbocycles. The standard InChI is InChI=1S/C22H24ClN5O3S/c1-16-3-2-10-27(13-16)32(30,31)21-11-18(6-9-20(21)23)22(29)25-12-17-4-7-19(8-5-17)28-15-24-14-26-28/h4-9,11,14-16H,2-3,10,12-13H2,1H3,(H,25,29). The van der Waals surface area contributed by atoms with Crippen molar-refractivity contribution in [2.24, 2.45) is 5.92 Å². The molecule has 0 radical (unpaired) electrons. The Labute approximate surface area is 192 Å². The maximum atomic E-state index is 13.1. The Morgan fingerprint density at radius 3 is 2.69 bits per heavy atom. The number of aromatic nitrogens is 3. The molecule has 1 fully saturated rings. The number of rotatable bonds is 6. The molecule has 1 aliphatic rings. The van der Waals surface area contributed by atoms with Gasteiger partial charge in [0.15, 0.2) is 0 Å². The lowest BCUT2D eigenvalue weighted by molar-refractivity contribution is 0.0950. The fourth-order valence-corrected chi connectivity index (χ4v) is 5.84. The topological polar surface area (TPSA) is 97.2 Å². The number of hydrogen-bond acceptors (Lipinski definition) is 5. The van der Waals surface area contributed by atoms with E-state index in [-0.39, 0.29) is 21.4 Å². The van der Waals surface area contributed by atoms with Crippen molar-refractivity contribution in [1.29, 1.82) is 0 Å². The van der Waals surface area contributed by atoms with Crippen LogP contribution in [0.15, 0.2) is 60.0 Å². The molecule has 8 nitrogen and oxygen atoms in total. The molecular formula is C22H24ClN5O3S. The summed E-state index contributed by atoms with van der Waals surface area (Å²) in [7, 11) is -3.77. The Balaban J connectivity index is 1.46. The van der Waals surface area contributed by atoms with Crippen LogP contribution in [0.2, 0.25) is 5.02 Å². The predicted molar refractivity (Wildman–Crippen MR) is 121 cm³/mol. The lowest BCUT2D eigenvalue weighted by Gasteiger charge is -2.30. The molecule has 1 aliphatic heterocycles. The largest absolute Gasteiger partial charge is 0.348 e. The number of carbonyl (C=O) groups is 1. The number of nitrogens with one attached hydrogen (secondary N) is 1. The zero-order valence-corrected chi connectivity index (χ0v) is 19.2. The van der Waals surface area contributed by atoms with Crippen LogP contribution in [0.25, 0.3) is 5.69 Å². The van der Waals surface area contributed by atoms with E-state index in [0.29, 0.717) is 25.6 Å². The highest BCUT2D eigenvalue weighted by Crippen LogP contribution is 2.29. The molecule has 1 amide bonds. The summed E-state index contributed by atoms with van der Waals surface area (Å²) < 4.78 is 29.4. The fraction of sp³-hybridized carbons (Fsp3) is 0.318. The third kappa shape index (κ3) is 4.85. The van der Waals surface area contributed by atoms with Gasteiger partial charge >= 0.3 is 0 Å². The zero-order valence-electron chi connectivity index (χ0n) is 17.6. The summed E-state index contributed by atoms with van der Waals surface area (Å²) in [6.45, 7) is 3.25. The molecule has 10 heteroatoms. The minimum Gasteiger partial charge on any atom is -0.348 e. The zero-order chi connectivity index (χ0) is 22.7. The summed E-state index contributed by atoms with van der Waals surface area (Å²) in [6, 6.07) is 11.9. The highest BCUT2D eigenvalue weighted by Gasteiger charge is 2.30. The van der Waals surface area contributed by atoms with Crippen LogP contribution in [0.1, 0.15) is 35.7 Å². The number of benzene rings is 2. The maximum Gasteiger partial charge on any atom is 0.251 e. The molecule has 1 aromatic heterocycles. The molecule has 1 saturated heterocycles. The van der Waals surface area contributed by atoms with Gasteiger partial charge in [-0.15, -0.1) is 0 Å². The van der Waals surface area contributed by atoms with Gasteiger partial charge in [-0.05, 0) is 54.7 Å². The van der Waals surface area contributed by atoms with Crippen molar-refractivity contribution in [2.75, 3.05) is 13.1 Å². The Morgan fingerprint density at radius 1 is 1.22 bits per heavy atom. The Hall–Kier alpha value is -2.75. The van der Waals surface area contributed by atoms with Gasteiger partial charge in [-0.2, -0.15) is 9.40 Å². The van der Waals surface area contributed by atoms with Crippen molar-refractivity contribution in [2.45, 2.75) is 31.2 Å². The van der Waals surface area contributed by atoms with Crippen molar-refractivity contribution in [3.63, 3.8) is 0 Å². The molecule has 168 valence electrons. The van der Waals surface area contributed by atoms with Gasteiger partial charge < -0.3 is 5.32 Å². The van der Waals surface area contributed by atoms with Crippen LogP contribution in [0.5, 0.6) is 0 Å². The van der Waals surface area contributed by atoms with E-state index in [0.717, 1.165) is 24.1 Å². The van der Waals surface area contributed by atoms with E-state index < -0.39 is 10.0 Å². The van der Waals surface area contributed by atoms with Crippen LogP contribution in [0.4, 0.5) is 0 Å². The molecule has 2 aromatic carbocycles. The van der Waals surface area contributed by atoms with Gasteiger partial charge in [0.2, 0.25) is 10.0 Å². The van der Waals surface area contributed by atoms with Crippen molar-refractivity contribution in [1.82, 2.24) is 24.4 Å². The summed E-state index contributed by atoms with van der Waals surface area (Å²) in [5.74, 6) is -0.0785. The minimum atomic E-state index is -3.77. The average molecular weight is 474 g/mol. The van der Waals surface area contributed by atoms with E-state index >= 15 is 0 Å². The first-order chi connectivity index (χ1) is 15.3. The summed E-state index contributed by atoms with van der Waals surface area (Å²) in [5.41, 5.74) is 2.00. The molecule has 4 rings (SSSR count). The second-order valence-electron chi connectivity index (χ2n) is 7.94. The Bertz CT molecular complexity index is 1200. The van der Waals surface area contributed by atoms with Crippen LogP contribution in [-0.4, -0.2) is 46.5 Å². The van der Waals surface area contributed by atoms with Gasteiger partial charge in [0.25, 0.3) is 5.91 Å². The summed E-state index contributed by atoms with van der Waals surface area (Å²) in [5, 5.41) is 7.02. The average Bonchev–Trinajstić information content (AvgIpc) is 3.33. The van der Waals surface area contributed by atoms with Gasteiger partial charge in [-0.3, -0.25) is 4.79 Å². The smallest absolute Gasteiger partial charge is 0.251 e. The molecule has 1 N–H and O–H groups in total. The lowest BCUT2D eigenvalue weighted by atomic mass is 10.0. The summed E-state index contributed by atoms with van der Waals surface area (Å²) in [4.78, 5) is 16.6. The van der Waals surface area contributed by atoms with Crippen molar-refractivity contribution in [3.8, 4) is 5.69 Å². The van der Waals surface area contributed by atoms with Crippen LogP contribution in [0, 0.1) is 5.92 Å². The quantitative estimate of drug-likeness (QED) is 0.592. The number of hydrogen-bond donors (Lipinski definition) is 1. The second kappa shape index (κ2) is 9.40. The normalized spacial score (nSPS) is 17.2. The first kappa shape index (κ1) is 22.4. The number of amides is 1. The molecule has 1 atom stereocenters. The van der Waals surface area contributed by atoms with Crippen molar-refractivity contribution >= 4 is 27.5 Å². The van der Waals surface area contributed by atoms with E-state index in [4.69, 9.17) is 11.6 Å². The molecule has 0 spiro atoms. The molecule has 0 bridgehead atoms. The lowest BCUT2D eigenvalue weighted by Crippen LogP contribution is -2.39. The van der Waals surface area contributed by atoms with Gasteiger partial charge in [0.05, 0.1) is 10.7 Å². The summed E-state index contributed by atoms with van der Waals surface area (Å²) in [6.07, 6.45) is 4.88. The molecule has 3 aromatic rings. The van der Waals surface area contributed by atoms with Crippen molar-refractivity contribution in [3.05, 3.63) is 71.3 Å². The van der Waals surface area contributed by atoms with Gasteiger partial charge in [-0.1, -0.05) is 30.7 Å². The van der Waals surface area contributed by atoms with E-state index in [9.17, 15) is 13.2 Å². The van der Waals surface area contributed by atoms with Gasteiger partial charge in [0, 0.05) is 25.2 Å². The van der Waals surface area contributed by atoms with Crippen LogP contribution < -0.4 is 5.32 Å². The monoisotopic (exact) mass is 473 g/mol. The molecule has 2 heterocycles. The number of carbonyl (C=O) groups excluding carboxylic acids is 1. The van der Waals surface area contributed by atoms with Gasteiger partial charge in [-0.25, -0.2) is 18.1 Å². The minimum absolute atomic E-state index is 0.0295. The molecule has 0 saturated carbocycles. The Morgan fingerprint density at radius 2 is 2.00 bits per heavy atom. The van der Waals surface area contributed by atoms with E-state index in [1.807, 2.05) is 31.2 Å². The Kier molecular flexibility index (Phi) is 6.59. The van der Waals surface area contributed by atoms with E-state index in [1.54, 1.807) is 11.0 Å². The number of nitrogens with zero attached hydrogens (tertiary/aromatic N) is 4. The highest BCUT2D eigenvalue weighted by molar-refractivity contribution is 7.89. The number of piperidine rings is 1. The number of halogens is 1. The van der Waals surface area contributed by atoms with Crippen molar-refractivity contribution < 1.29 is 13.2 Å². The number of sulfonamides is 1. The van der Waals surface area contributed by atoms with E-state index in [2.05, 4.69) is 15.4 Å². The highest BCUT2D eigenvalue weighted by atomic mass is 35.5. The van der Waals surface area contributed by atoms with Crippen LogP contribution >= 0.6 is 11.6 Å². The molecule has 32 heavy (non-hydrogen) atoms. The first-order valence-electron chi connectivity index (χ1n) is 10.4.